The van der Waals surface area contributed by atoms with Crippen LogP contribution in [-0.4, -0.2) is 40.7 Å². The summed E-state index contributed by atoms with van der Waals surface area (Å²) < 4.78 is 7.26. The molecular weight excluding hydrogens is 402 g/mol. The third-order valence-electron chi connectivity index (χ3n) is 4.66. The number of methoxy groups -OCH3 is 1. The van der Waals surface area contributed by atoms with Crippen molar-refractivity contribution in [1.82, 2.24) is 9.97 Å². The predicted octanol–water partition coefficient (Wildman–Crippen LogP) is 3.61. The molecule has 1 aromatic heterocycles. The first-order chi connectivity index (χ1) is 14.5. The Morgan fingerprint density at radius 1 is 1.17 bits per heavy atom. The van der Waals surface area contributed by atoms with Gasteiger partial charge in [0, 0.05) is 35.0 Å². The summed E-state index contributed by atoms with van der Waals surface area (Å²) in [4.78, 5) is 23.4. The molecule has 1 aliphatic rings. The van der Waals surface area contributed by atoms with Crippen molar-refractivity contribution in [3.8, 4) is 17.1 Å². The minimum Gasteiger partial charge on any atom is -0.467 e. The van der Waals surface area contributed by atoms with Crippen LogP contribution < -0.4 is 14.8 Å². The summed E-state index contributed by atoms with van der Waals surface area (Å²) in [7, 11) is 1.54. The van der Waals surface area contributed by atoms with Gasteiger partial charge in [-0.3, -0.25) is 0 Å². The highest BCUT2D eigenvalue weighted by atomic mass is 32.2. The number of amidine groups is 1. The van der Waals surface area contributed by atoms with E-state index in [0.717, 1.165) is 29.0 Å². The lowest BCUT2D eigenvalue weighted by Gasteiger charge is -2.18. The van der Waals surface area contributed by atoms with Gasteiger partial charge in [0.05, 0.1) is 12.8 Å². The van der Waals surface area contributed by atoms with E-state index < -0.39 is 6.09 Å². The van der Waals surface area contributed by atoms with Gasteiger partial charge in [-0.05, 0) is 53.8 Å². The van der Waals surface area contributed by atoms with Crippen molar-refractivity contribution in [3.63, 3.8) is 0 Å². The molecule has 3 N–H and O–H groups in total. The number of hydrogen-bond donors (Lipinski definition) is 2. The molecule has 152 valence electrons. The van der Waals surface area contributed by atoms with Gasteiger partial charge < -0.3 is 19.9 Å². The normalized spacial score (nSPS) is 13.2. The van der Waals surface area contributed by atoms with Gasteiger partial charge in [0.2, 0.25) is 0 Å². The number of nitrogens with two attached hydrogens (primary N) is 1. The predicted molar refractivity (Wildman–Crippen MR) is 116 cm³/mol. The second-order valence-electron chi connectivity index (χ2n) is 6.55. The summed E-state index contributed by atoms with van der Waals surface area (Å²) in [6, 6.07) is 14.1. The highest BCUT2D eigenvalue weighted by Crippen LogP contribution is 2.38. The summed E-state index contributed by atoms with van der Waals surface area (Å²) in [5.41, 5.74) is 10.7. The number of hydrogen-bond acceptors (Lipinski definition) is 6. The number of benzene rings is 2. The van der Waals surface area contributed by atoms with Crippen molar-refractivity contribution in [2.24, 2.45) is 10.7 Å². The van der Waals surface area contributed by atoms with E-state index in [9.17, 15) is 4.79 Å². The van der Waals surface area contributed by atoms with Crippen LogP contribution in [0.4, 0.5) is 10.5 Å². The van der Waals surface area contributed by atoms with Gasteiger partial charge in [-0.1, -0.05) is 18.2 Å². The smallest absolute Gasteiger partial charge is 0.433 e. The molecule has 1 amide bonds. The molecular formula is C21H19N5O3S. The Morgan fingerprint density at radius 2 is 1.90 bits per heavy atom. The molecule has 9 heteroatoms. The maximum Gasteiger partial charge on any atom is 0.433 e. The molecule has 0 spiro atoms. The molecule has 0 bridgehead atoms. The van der Waals surface area contributed by atoms with Gasteiger partial charge in [0.1, 0.15) is 5.84 Å². The van der Waals surface area contributed by atoms with Crippen molar-refractivity contribution in [3.05, 3.63) is 66.0 Å². The van der Waals surface area contributed by atoms with Crippen LogP contribution in [0.2, 0.25) is 0 Å². The molecule has 0 atom stereocenters. The number of carboxylic acid groups (broad SMARTS) is 1. The molecule has 0 fully saturated rings. The van der Waals surface area contributed by atoms with E-state index in [0.29, 0.717) is 11.6 Å². The molecule has 8 nitrogen and oxygen atoms in total. The average Bonchev–Trinajstić information content (AvgIpc) is 3.16. The number of nitrogens with zero attached hydrogens (tertiary/aromatic N) is 4. The monoisotopic (exact) mass is 421 g/mol. The van der Waals surface area contributed by atoms with Crippen LogP contribution in [0.3, 0.4) is 0 Å². The molecule has 1 aliphatic heterocycles. The van der Waals surface area contributed by atoms with Gasteiger partial charge in [-0.25, -0.2) is 14.8 Å². The Hall–Kier alpha value is -3.59. The number of fused-ring (bicyclic) bond motifs is 1. The van der Waals surface area contributed by atoms with Gasteiger partial charge >= 0.3 is 12.1 Å². The van der Waals surface area contributed by atoms with Crippen molar-refractivity contribution < 1.29 is 14.6 Å². The molecule has 0 saturated carbocycles. The Morgan fingerprint density at radius 3 is 2.57 bits per heavy atom. The van der Waals surface area contributed by atoms with Crippen LogP contribution in [0.25, 0.3) is 11.1 Å². The highest BCUT2D eigenvalue weighted by molar-refractivity contribution is 8.00. The van der Waals surface area contributed by atoms with Crippen LogP contribution in [0.5, 0.6) is 6.01 Å². The van der Waals surface area contributed by atoms with Crippen molar-refractivity contribution in [2.75, 3.05) is 18.0 Å². The number of carbonyl (C=O) groups is 1. The van der Waals surface area contributed by atoms with Gasteiger partial charge in [0.15, 0.2) is 0 Å². The van der Waals surface area contributed by atoms with E-state index in [1.807, 2.05) is 12.1 Å². The first-order valence-corrected chi connectivity index (χ1v) is 9.93. The molecule has 0 unspecified atom stereocenters. The number of amides is 1. The number of aromatic nitrogens is 2. The molecule has 2 heterocycles. The van der Waals surface area contributed by atoms with E-state index in [4.69, 9.17) is 15.6 Å². The molecule has 0 radical (unpaired) electrons. The number of ether oxygens (including phenoxy) is 1. The first-order valence-electron chi connectivity index (χ1n) is 9.16. The minimum atomic E-state index is -1.31. The first kappa shape index (κ1) is 19.7. The third-order valence-corrected chi connectivity index (χ3v) is 5.74. The van der Waals surface area contributed by atoms with Crippen LogP contribution in [0.15, 0.2) is 64.7 Å². The number of anilines is 1. The topological polar surface area (TPSA) is 114 Å². The zero-order chi connectivity index (χ0) is 21.1. The summed E-state index contributed by atoms with van der Waals surface area (Å²) in [5, 5.41) is 8.71. The minimum absolute atomic E-state index is 0.0133. The number of aliphatic imine (C=N–C) groups is 1. The quantitative estimate of drug-likeness (QED) is 0.365. The lowest BCUT2D eigenvalue weighted by atomic mass is 10.0. The lowest BCUT2D eigenvalue weighted by molar-refractivity contribution is 0.205. The average molecular weight is 421 g/mol. The molecule has 3 aromatic rings. The highest BCUT2D eigenvalue weighted by Gasteiger charge is 2.21. The van der Waals surface area contributed by atoms with Gasteiger partial charge in [-0.15, -0.1) is 0 Å². The van der Waals surface area contributed by atoms with Crippen LogP contribution >= 0.6 is 11.9 Å². The van der Waals surface area contributed by atoms with Crippen LogP contribution in [0, 0.1) is 0 Å². The molecule has 4 rings (SSSR count). The second-order valence-corrected chi connectivity index (χ2v) is 7.64. The van der Waals surface area contributed by atoms with E-state index >= 15 is 0 Å². The molecule has 2 aromatic carbocycles. The standard InChI is InChI=1S/C21H19N5O3S/c1-29-20-23-11-16(12-24-20)14-4-7-18-15(10-14)8-9-26(18)30-17-5-2-13(3-6-17)19(22)25-21(27)28/h2-7,10-12H,8-9H2,1H3,(H2,22,25)(H,27,28). The fourth-order valence-corrected chi connectivity index (χ4v) is 4.17. The SMILES string of the molecule is COc1ncc(-c2ccc3c(c2)CCN3Sc2ccc(/C(N)=N/C(=O)O)cc2)cn1. The second kappa shape index (κ2) is 8.42. The Labute approximate surface area is 177 Å². The molecule has 30 heavy (non-hydrogen) atoms. The van der Waals surface area contributed by atoms with Crippen molar-refractivity contribution in [2.45, 2.75) is 11.3 Å². The summed E-state index contributed by atoms with van der Waals surface area (Å²) in [6.07, 6.45) is 3.16. The van der Waals surface area contributed by atoms with Crippen molar-refractivity contribution in [1.29, 1.82) is 0 Å². The van der Waals surface area contributed by atoms with E-state index in [2.05, 4.69) is 37.5 Å². The molecule has 0 aliphatic carbocycles. The fourth-order valence-electron chi connectivity index (χ4n) is 3.20. The third kappa shape index (κ3) is 4.20. The largest absolute Gasteiger partial charge is 0.467 e. The van der Waals surface area contributed by atoms with Crippen molar-refractivity contribution >= 4 is 29.6 Å². The zero-order valence-corrected chi connectivity index (χ0v) is 17.0. The Bertz CT molecular complexity index is 1100. The van der Waals surface area contributed by atoms with Gasteiger partial charge in [-0.2, -0.15) is 4.99 Å². The molecule has 0 saturated heterocycles. The van der Waals surface area contributed by atoms with Crippen LogP contribution in [0.1, 0.15) is 11.1 Å². The summed E-state index contributed by atoms with van der Waals surface area (Å²) >= 11 is 1.63. The summed E-state index contributed by atoms with van der Waals surface area (Å²) in [5.74, 6) is -0.0133. The summed E-state index contributed by atoms with van der Waals surface area (Å²) in [6.45, 7) is 0.896. The lowest BCUT2D eigenvalue weighted by Crippen LogP contribution is -2.15. The van der Waals surface area contributed by atoms with E-state index in [1.165, 1.54) is 11.3 Å². The van der Waals surface area contributed by atoms with E-state index in [1.54, 1.807) is 43.6 Å². The Kier molecular flexibility index (Phi) is 5.53. The fraction of sp³-hybridized carbons (Fsp3) is 0.143. The van der Waals surface area contributed by atoms with E-state index in [-0.39, 0.29) is 5.84 Å². The van der Waals surface area contributed by atoms with Gasteiger partial charge in [0.25, 0.3) is 0 Å². The maximum atomic E-state index is 10.6. The maximum absolute atomic E-state index is 10.6. The van der Waals surface area contributed by atoms with Crippen LogP contribution in [-0.2, 0) is 6.42 Å². The zero-order valence-electron chi connectivity index (χ0n) is 16.1. The number of rotatable bonds is 5. The Balaban J connectivity index is 1.49.